The summed E-state index contributed by atoms with van der Waals surface area (Å²) in [5.74, 6) is 1.08. The Bertz CT molecular complexity index is 475. The van der Waals surface area contributed by atoms with Crippen LogP contribution >= 0.6 is 0 Å². The van der Waals surface area contributed by atoms with E-state index in [1.165, 1.54) is 0 Å². The molecule has 0 saturated carbocycles. The van der Waals surface area contributed by atoms with Gasteiger partial charge in [0.2, 0.25) is 5.91 Å². The molecule has 2 rings (SSSR count). The van der Waals surface area contributed by atoms with Gasteiger partial charge in [-0.2, -0.15) is 0 Å². The fraction of sp³-hybridized carbons (Fsp3) is 0.588. The van der Waals surface area contributed by atoms with Gasteiger partial charge < -0.3 is 14.4 Å². The molecular weight excluding hydrogens is 266 g/mol. The van der Waals surface area contributed by atoms with E-state index in [0.29, 0.717) is 32.6 Å². The van der Waals surface area contributed by atoms with Gasteiger partial charge in [-0.15, -0.1) is 0 Å². The van der Waals surface area contributed by atoms with Crippen LogP contribution in [0.1, 0.15) is 32.8 Å². The van der Waals surface area contributed by atoms with Crippen LogP contribution < -0.4 is 4.74 Å². The zero-order valence-corrected chi connectivity index (χ0v) is 13.2. The molecule has 21 heavy (non-hydrogen) atoms. The molecule has 0 aromatic heterocycles. The Balaban J connectivity index is 1.94. The quantitative estimate of drug-likeness (QED) is 0.837. The maximum atomic E-state index is 12.4. The van der Waals surface area contributed by atoms with Crippen molar-refractivity contribution in [3.05, 3.63) is 29.8 Å². The van der Waals surface area contributed by atoms with E-state index in [1.807, 2.05) is 49.9 Å². The summed E-state index contributed by atoms with van der Waals surface area (Å²) < 4.78 is 11.2. The van der Waals surface area contributed by atoms with E-state index < -0.39 is 0 Å². The van der Waals surface area contributed by atoms with E-state index in [0.717, 1.165) is 11.3 Å². The van der Waals surface area contributed by atoms with E-state index in [9.17, 15) is 4.79 Å². The standard InChI is InChI=1S/C17H25NO3/c1-4-20-16-8-6-5-7-15(16)9-10-17(19)18-11-14(3)21-12-13(18)2/h5-8,13-14H,4,9-12H2,1-3H3/t13-,14+/m0/s1. The summed E-state index contributed by atoms with van der Waals surface area (Å²) in [6.07, 6.45) is 1.36. The summed E-state index contributed by atoms with van der Waals surface area (Å²) in [6.45, 7) is 7.98. The minimum atomic E-state index is 0.126. The van der Waals surface area contributed by atoms with Gasteiger partial charge in [0, 0.05) is 13.0 Å². The smallest absolute Gasteiger partial charge is 0.223 e. The number of amides is 1. The molecule has 1 heterocycles. The Kier molecular flexibility index (Phi) is 5.62. The number of carbonyl (C=O) groups excluding carboxylic acids is 1. The van der Waals surface area contributed by atoms with Crippen LogP contribution in [0.3, 0.4) is 0 Å². The van der Waals surface area contributed by atoms with Crippen LogP contribution in [-0.2, 0) is 16.0 Å². The van der Waals surface area contributed by atoms with E-state index in [2.05, 4.69) is 0 Å². The third-order valence-electron chi connectivity index (χ3n) is 3.81. The zero-order valence-electron chi connectivity index (χ0n) is 13.2. The molecule has 0 unspecified atom stereocenters. The van der Waals surface area contributed by atoms with Crippen LogP contribution in [-0.4, -0.2) is 42.7 Å². The molecule has 1 aliphatic rings. The average Bonchev–Trinajstić information content (AvgIpc) is 2.49. The molecule has 1 aromatic rings. The molecule has 0 radical (unpaired) electrons. The number of para-hydroxylation sites is 1. The van der Waals surface area contributed by atoms with Crippen molar-refractivity contribution in [2.24, 2.45) is 0 Å². The van der Waals surface area contributed by atoms with Gasteiger partial charge in [0.15, 0.2) is 0 Å². The summed E-state index contributed by atoms with van der Waals surface area (Å²) >= 11 is 0. The molecule has 1 fully saturated rings. The Morgan fingerprint density at radius 3 is 2.90 bits per heavy atom. The van der Waals surface area contributed by atoms with E-state index >= 15 is 0 Å². The number of morpholine rings is 1. The molecular formula is C17H25NO3. The van der Waals surface area contributed by atoms with Crippen molar-refractivity contribution in [1.82, 2.24) is 4.90 Å². The molecule has 1 aromatic carbocycles. The Morgan fingerprint density at radius 2 is 2.14 bits per heavy atom. The van der Waals surface area contributed by atoms with Crippen LogP contribution in [0, 0.1) is 0 Å². The van der Waals surface area contributed by atoms with Crippen LogP contribution in [0.5, 0.6) is 5.75 Å². The van der Waals surface area contributed by atoms with Gasteiger partial charge in [-0.1, -0.05) is 18.2 Å². The first-order valence-corrected chi connectivity index (χ1v) is 7.73. The minimum absolute atomic E-state index is 0.126. The third-order valence-corrected chi connectivity index (χ3v) is 3.81. The summed E-state index contributed by atoms with van der Waals surface area (Å²) in [6, 6.07) is 8.10. The van der Waals surface area contributed by atoms with Crippen LogP contribution in [0.2, 0.25) is 0 Å². The van der Waals surface area contributed by atoms with Gasteiger partial charge in [0.1, 0.15) is 5.75 Å². The fourth-order valence-electron chi connectivity index (χ4n) is 2.64. The number of hydrogen-bond acceptors (Lipinski definition) is 3. The highest BCUT2D eigenvalue weighted by Crippen LogP contribution is 2.21. The molecule has 1 saturated heterocycles. The van der Waals surface area contributed by atoms with E-state index in [1.54, 1.807) is 0 Å². The number of hydrogen-bond donors (Lipinski definition) is 0. The minimum Gasteiger partial charge on any atom is -0.494 e. The molecule has 0 bridgehead atoms. The van der Waals surface area contributed by atoms with Gasteiger partial charge in [0.05, 0.1) is 25.4 Å². The average molecular weight is 291 g/mol. The highest BCUT2D eigenvalue weighted by Gasteiger charge is 2.27. The van der Waals surface area contributed by atoms with Gasteiger partial charge in [-0.25, -0.2) is 0 Å². The fourth-order valence-corrected chi connectivity index (χ4v) is 2.64. The number of ether oxygens (including phenoxy) is 2. The highest BCUT2D eigenvalue weighted by atomic mass is 16.5. The number of nitrogens with zero attached hydrogens (tertiary/aromatic N) is 1. The van der Waals surface area contributed by atoms with Gasteiger partial charge in [-0.3, -0.25) is 4.79 Å². The molecule has 0 aliphatic carbocycles. The van der Waals surface area contributed by atoms with Crippen molar-refractivity contribution >= 4 is 5.91 Å². The second-order valence-corrected chi connectivity index (χ2v) is 5.58. The number of rotatable bonds is 5. The Morgan fingerprint density at radius 1 is 1.38 bits per heavy atom. The second-order valence-electron chi connectivity index (χ2n) is 5.58. The maximum absolute atomic E-state index is 12.4. The van der Waals surface area contributed by atoms with Crippen molar-refractivity contribution in [1.29, 1.82) is 0 Å². The van der Waals surface area contributed by atoms with Gasteiger partial charge in [0.25, 0.3) is 0 Å². The van der Waals surface area contributed by atoms with Crippen LogP contribution in [0.25, 0.3) is 0 Å². The van der Waals surface area contributed by atoms with Crippen molar-refractivity contribution < 1.29 is 14.3 Å². The van der Waals surface area contributed by atoms with Crippen molar-refractivity contribution in [3.8, 4) is 5.75 Å². The largest absolute Gasteiger partial charge is 0.494 e. The topological polar surface area (TPSA) is 38.8 Å². The third kappa shape index (κ3) is 4.21. The molecule has 0 N–H and O–H groups in total. The molecule has 116 valence electrons. The van der Waals surface area contributed by atoms with Gasteiger partial charge in [-0.05, 0) is 38.8 Å². The van der Waals surface area contributed by atoms with E-state index in [4.69, 9.17) is 9.47 Å². The zero-order chi connectivity index (χ0) is 15.2. The summed E-state index contributed by atoms with van der Waals surface area (Å²) in [5.41, 5.74) is 1.10. The van der Waals surface area contributed by atoms with Crippen LogP contribution in [0.4, 0.5) is 0 Å². The predicted octanol–water partition coefficient (Wildman–Crippen LogP) is 2.65. The van der Waals surface area contributed by atoms with Crippen molar-refractivity contribution in [2.45, 2.75) is 45.8 Å². The molecule has 1 amide bonds. The first kappa shape index (κ1) is 15.8. The second kappa shape index (κ2) is 7.46. The molecule has 1 aliphatic heterocycles. The first-order chi connectivity index (χ1) is 10.1. The Labute approximate surface area is 127 Å². The molecule has 2 atom stereocenters. The highest BCUT2D eigenvalue weighted by molar-refractivity contribution is 5.77. The Hall–Kier alpha value is -1.55. The molecule has 4 nitrogen and oxygen atoms in total. The van der Waals surface area contributed by atoms with Crippen molar-refractivity contribution in [3.63, 3.8) is 0 Å². The lowest BCUT2D eigenvalue weighted by Crippen LogP contribution is -2.50. The van der Waals surface area contributed by atoms with Crippen LogP contribution in [0.15, 0.2) is 24.3 Å². The lowest BCUT2D eigenvalue weighted by Gasteiger charge is -2.37. The summed E-state index contributed by atoms with van der Waals surface area (Å²) in [4.78, 5) is 14.4. The predicted molar refractivity (Wildman–Crippen MR) is 82.5 cm³/mol. The number of aryl methyl sites for hydroxylation is 1. The first-order valence-electron chi connectivity index (χ1n) is 7.73. The molecule has 0 spiro atoms. The SMILES string of the molecule is CCOc1ccccc1CCC(=O)N1C[C@@H](C)OC[C@@H]1C. The lowest BCUT2D eigenvalue weighted by molar-refractivity contribution is -0.143. The lowest BCUT2D eigenvalue weighted by atomic mass is 10.1. The summed E-state index contributed by atoms with van der Waals surface area (Å²) in [5, 5.41) is 0. The monoisotopic (exact) mass is 291 g/mol. The number of carbonyl (C=O) groups is 1. The number of benzene rings is 1. The molecule has 4 heteroatoms. The van der Waals surface area contributed by atoms with E-state index in [-0.39, 0.29) is 18.1 Å². The normalized spacial score (nSPS) is 22.1. The van der Waals surface area contributed by atoms with Crippen molar-refractivity contribution in [2.75, 3.05) is 19.8 Å². The maximum Gasteiger partial charge on any atom is 0.223 e. The van der Waals surface area contributed by atoms with Gasteiger partial charge >= 0.3 is 0 Å². The summed E-state index contributed by atoms with van der Waals surface area (Å²) in [7, 11) is 0.